The number of hydrogen-bond acceptors (Lipinski definition) is 6. The Balaban J connectivity index is 2.04. The molecule has 1 aliphatic rings. The number of nitrogens with zero attached hydrogens (tertiary/aromatic N) is 3. The monoisotopic (exact) mass is 337 g/mol. The smallest absolute Gasteiger partial charge is 0.289 e. The molecule has 0 amide bonds. The summed E-state index contributed by atoms with van der Waals surface area (Å²) in [6.07, 6.45) is 1.27. The summed E-state index contributed by atoms with van der Waals surface area (Å²) in [5, 5.41) is 15.0. The Labute approximate surface area is 132 Å². The average molecular weight is 337 g/mol. The Bertz CT molecular complexity index is 846. The molecule has 3 rings (SSSR count). The Kier molecular flexibility index (Phi) is 3.90. The third kappa shape index (κ3) is 2.73. The molecular formula is C14H15N3O5S. The molecule has 23 heavy (non-hydrogen) atoms. The quantitative estimate of drug-likeness (QED) is 0.626. The number of aryl methyl sites for hydroxylation is 1. The molecule has 9 heteroatoms. The van der Waals surface area contributed by atoms with E-state index in [9.17, 15) is 18.5 Å². The molecule has 0 radical (unpaired) electrons. The van der Waals surface area contributed by atoms with Gasteiger partial charge in [-0.05, 0) is 25.8 Å². The van der Waals surface area contributed by atoms with Crippen LogP contribution in [0.5, 0.6) is 0 Å². The first-order valence-electron chi connectivity index (χ1n) is 7.10. The van der Waals surface area contributed by atoms with Gasteiger partial charge in [-0.1, -0.05) is 17.3 Å². The molecule has 1 fully saturated rings. The molecule has 0 spiro atoms. The van der Waals surface area contributed by atoms with Crippen LogP contribution >= 0.6 is 0 Å². The number of hydrogen-bond donors (Lipinski definition) is 0. The molecule has 122 valence electrons. The van der Waals surface area contributed by atoms with Crippen LogP contribution in [0.3, 0.4) is 0 Å². The van der Waals surface area contributed by atoms with Crippen LogP contribution in [0.2, 0.25) is 0 Å². The van der Waals surface area contributed by atoms with E-state index in [2.05, 4.69) is 5.16 Å². The molecule has 1 aromatic carbocycles. The largest absolute Gasteiger partial charge is 0.361 e. The fourth-order valence-corrected chi connectivity index (χ4v) is 4.65. The van der Waals surface area contributed by atoms with Gasteiger partial charge in [0, 0.05) is 18.7 Å². The lowest BCUT2D eigenvalue weighted by molar-refractivity contribution is -0.387. The van der Waals surface area contributed by atoms with Crippen LogP contribution in [0.1, 0.15) is 30.3 Å². The maximum atomic E-state index is 12.9. The topological polar surface area (TPSA) is 107 Å². The highest BCUT2D eigenvalue weighted by Gasteiger charge is 2.40. The second-order valence-corrected chi connectivity index (χ2v) is 7.22. The van der Waals surface area contributed by atoms with E-state index in [4.69, 9.17) is 4.52 Å². The summed E-state index contributed by atoms with van der Waals surface area (Å²) in [6.45, 7) is 2.03. The van der Waals surface area contributed by atoms with Gasteiger partial charge in [-0.2, -0.15) is 4.31 Å². The fourth-order valence-electron chi connectivity index (χ4n) is 2.82. The fraction of sp³-hybridized carbons (Fsp3) is 0.357. The molecule has 1 saturated heterocycles. The zero-order valence-electron chi connectivity index (χ0n) is 12.4. The summed E-state index contributed by atoms with van der Waals surface area (Å²) in [7, 11) is -3.99. The number of nitro groups is 1. The highest BCUT2D eigenvalue weighted by atomic mass is 32.2. The van der Waals surface area contributed by atoms with Crippen molar-refractivity contribution in [2.45, 2.75) is 30.7 Å². The predicted octanol–water partition coefficient (Wildman–Crippen LogP) is 2.42. The molecule has 1 unspecified atom stereocenters. The van der Waals surface area contributed by atoms with E-state index in [1.54, 1.807) is 13.0 Å². The summed E-state index contributed by atoms with van der Waals surface area (Å²) >= 11 is 0. The van der Waals surface area contributed by atoms with Crippen LogP contribution in [-0.4, -0.2) is 29.3 Å². The third-order valence-corrected chi connectivity index (χ3v) is 5.80. The van der Waals surface area contributed by atoms with Gasteiger partial charge in [0.25, 0.3) is 15.7 Å². The van der Waals surface area contributed by atoms with Gasteiger partial charge in [0.1, 0.15) is 11.5 Å². The van der Waals surface area contributed by atoms with E-state index < -0.39 is 26.7 Å². The van der Waals surface area contributed by atoms with Gasteiger partial charge >= 0.3 is 0 Å². The predicted molar refractivity (Wildman–Crippen MR) is 80.2 cm³/mol. The number of rotatable bonds is 4. The van der Waals surface area contributed by atoms with Gasteiger partial charge in [0.05, 0.1) is 11.0 Å². The van der Waals surface area contributed by atoms with Crippen molar-refractivity contribution in [1.82, 2.24) is 9.46 Å². The molecule has 1 atom stereocenters. The Hall–Kier alpha value is -2.26. The van der Waals surface area contributed by atoms with Crippen molar-refractivity contribution in [3.05, 3.63) is 51.9 Å². The maximum absolute atomic E-state index is 12.9. The summed E-state index contributed by atoms with van der Waals surface area (Å²) in [5.41, 5.74) is 0.108. The third-order valence-electron chi connectivity index (χ3n) is 3.84. The molecule has 0 N–H and O–H groups in total. The summed E-state index contributed by atoms with van der Waals surface area (Å²) < 4.78 is 32.1. The van der Waals surface area contributed by atoms with Gasteiger partial charge in [-0.3, -0.25) is 10.1 Å². The molecule has 2 aromatic rings. The minimum absolute atomic E-state index is 0.294. The SMILES string of the molecule is Cc1cc(C2CCCN2S(=O)(=O)c2ccccc2[N+](=O)[O-])no1. The zero-order chi connectivity index (χ0) is 16.6. The van der Waals surface area contributed by atoms with Gasteiger partial charge in [-0.15, -0.1) is 0 Å². The highest BCUT2D eigenvalue weighted by Crippen LogP contribution is 2.38. The van der Waals surface area contributed by atoms with Gasteiger partial charge in [0.2, 0.25) is 0 Å². The Morgan fingerprint density at radius 3 is 2.78 bits per heavy atom. The maximum Gasteiger partial charge on any atom is 0.289 e. The second kappa shape index (κ2) is 5.74. The van der Waals surface area contributed by atoms with Crippen molar-refractivity contribution in [2.75, 3.05) is 6.54 Å². The van der Waals surface area contributed by atoms with Crippen molar-refractivity contribution >= 4 is 15.7 Å². The van der Waals surface area contributed by atoms with Crippen LogP contribution in [0.4, 0.5) is 5.69 Å². The van der Waals surface area contributed by atoms with Crippen LogP contribution in [-0.2, 0) is 10.0 Å². The number of para-hydroxylation sites is 1. The van der Waals surface area contributed by atoms with Gasteiger partial charge in [0.15, 0.2) is 4.90 Å². The highest BCUT2D eigenvalue weighted by molar-refractivity contribution is 7.89. The normalized spacial score (nSPS) is 19.1. The molecule has 0 saturated carbocycles. The average Bonchev–Trinajstić information content (AvgIpc) is 3.15. The molecule has 2 heterocycles. The molecular weight excluding hydrogens is 322 g/mol. The minimum atomic E-state index is -3.99. The van der Waals surface area contributed by atoms with E-state index in [0.717, 1.165) is 0 Å². The van der Waals surface area contributed by atoms with E-state index in [0.29, 0.717) is 30.8 Å². The zero-order valence-corrected chi connectivity index (χ0v) is 13.2. The van der Waals surface area contributed by atoms with Crippen LogP contribution in [0.25, 0.3) is 0 Å². The minimum Gasteiger partial charge on any atom is -0.361 e. The molecule has 1 aliphatic heterocycles. The molecule has 1 aromatic heterocycles. The lowest BCUT2D eigenvalue weighted by atomic mass is 10.1. The van der Waals surface area contributed by atoms with Crippen LogP contribution < -0.4 is 0 Å². The number of sulfonamides is 1. The van der Waals surface area contributed by atoms with Crippen molar-refractivity contribution in [2.24, 2.45) is 0 Å². The number of benzene rings is 1. The van der Waals surface area contributed by atoms with Crippen molar-refractivity contribution in [1.29, 1.82) is 0 Å². The second-order valence-electron chi connectivity index (χ2n) is 5.36. The van der Waals surface area contributed by atoms with Gasteiger partial charge in [-0.25, -0.2) is 8.42 Å². The molecule has 8 nitrogen and oxygen atoms in total. The number of nitro benzene ring substituents is 1. The summed E-state index contributed by atoms with van der Waals surface area (Å²) in [5.74, 6) is 0.593. The van der Waals surface area contributed by atoms with E-state index >= 15 is 0 Å². The van der Waals surface area contributed by atoms with Crippen LogP contribution in [0.15, 0.2) is 39.8 Å². The van der Waals surface area contributed by atoms with Crippen molar-refractivity contribution in [3.63, 3.8) is 0 Å². The Morgan fingerprint density at radius 2 is 2.13 bits per heavy atom. The van der Waals surface area contributed by atoms with Crippen molar-refractivity contribution in [3.8, 4) is 0 Å². The summed E-state index contributed by atoms with van der Waals surface area (Å²) in [4.78, 5) is 10.2. The molecule has 0 aliphatic carbocycles. The van der Waals surface area contributed by atoms with Crippen LogP contribution in [0, 0.1) is 17.0 Å². The van der Waals surface area contributed by atoms with E-state index in [1.807, 2.05) is 0 Å². The lowest BCUT2D eigenvalue weighted by Crippen LogP contribution is -2.31. The number of aromatic nitrogens is 1. The Morgan fingerprint density at radius 1 is 1.39 bits per heavy atom. The summed E-state index contributed by atoms with van der Waals surface area (Å²) in [6, 6.07) is 6.61. The lowest BCUT2D eigenvalue weighted by Gasteiger charge is -2.22. The first-order valence-corrected chi connectivity index (χ1v) is 8.54. The van der Waals surface area contributed by atoms with Gasteiger partial charge < -0.3 is 4.52 Å². The first kappa shape index (κ1) is 15.6. The van der Waals surface area contributed by atoms with E-state index in [-0.39, 0.29) is 4.90 Å². The molecule has 0 bridgehead atoms. The standard InChI is InChI=1S/C14H15N3O5S/c1-10-9-11(15-22-10)12-6-4-8-16(12)23(20,21)14-7-3-2-5-13(14)17(18)19/h2-3,5,7,9,12H,4,6,8H2,1H3. The first-order chi connectivity index (χ1) is 10.9. The van der Waals surface area contributed by atoms with E-state index in [1.165, 1.54) is 28.6 Å². The van der Waals surface area contributed by atoms with Crippen molar-refractivity contribution < 1.29 is 17.9 Å².